The van der Waals surface area contributed by atoms with Gasteiger partial charge in [-0.05, 0) is 18.9 Å². The minimum atomic E-state index is -0.362. The number of hydrogen-bond acceptors (Lipinski definition) is 5. The number of thiophene rings is 1. The standard InChI is InChI=1S/C12H20N2O2S/c1-5-14(7-8(2)3)10-6-9(13)11(17-10)12(15)16-4/h6,8H,5,7,13H2,1-4H3. The van der Waals surface area contributed by atoms with E-state index in [1.165, 1.54) is 18.4 Å². The Morgan fingerprint density at radius 3 is 2.71 bits per heavy atom. The Kier molecular flexibility index (Phi) is 4.81. The number of carbonyl (C=O) groups excluding carboxylic acids is 1. The van der Waals surface area contributed by atoms with E-state index in [1.54, 1.807) is 0 Å². The summed E-state index contributed by atoms with van der Waals surface area (Å²) in [6, 6.07) is 1.85. The second kappa shape index (κ2) is 5.91. The molecule has 0 aliphatic rings. The molecule has 0 aliphatic heterocycles. The molecule has 0 fully saturated rings. The summed E-state index contributed by atoms with van der Waals surface area (Å²) in [6.07, 6.45) is 0. The third kappa shape index (κ3) is 3.36. The van der Waals surface area contributed by atoms with Gasteiger partial charge in [0.15, 0.2) is 0 Å². The van der Waals surface area contributed by atoms with E-state index in [0.717, 1.165) is 18.1 Å². The quantitative estimate of drug-likeness (QED) is 0.823. The van der Waals surface area contributed by atoms with Crippen LogP contribution in [0.4, 0.5) is 10.7 Å². The zero-order valence-electron chi connectivity index (χ0n) is 10.8. The molecular formula is C12H20N2O2S. The summed E-state index contributed by atoms with van der Waals surface area (Å²) in [6.45, 7) is 8.29. The molecule has 0 spiro atoms. The lowest BCUT2D eigenvalue weighted by Gasteiger charge is -2.22. The number of esters is 1. The highest BCUT2D eigenvalue weighted by atomic mass is 32.1. The number of anilines is 2. The lowest BCUT2D eigenvalue weighted by Crippen LogP contribution is -2.26. The van der Waals surface area contributed by atoms with Crippen LogP contribution in [0.5, 0.6) is 0 Å². The van der Waals surface area contributed by atoms with Crippen molar-refractivity contribution in [3.05, 3.63) is 10.9 Å². The van der Waals surface area contributed by atoms with E-state index in [4.69, 9.17) is 10.5 Å². The minimum Gasteiger partial charge on any atom is -0.465 e. The number of rotatable bonds is 5. The summed E-state index contributed by atoms with van der Waals surface area (Å²) >= 11 is 1.39. The fourth-order valence-corrected chi connectivity index (χ4v) is 2.69. The molecule has 96 valence electrons. The lowest BCUT2D eigenvalue weighted by atomic mass is 10.2. The largest absolute Gasteiger partial charge is 0.465 e. The Morgan fingerprint density at radius 2 is 2.24 bits per heavy atom. The number of nitrogens with zero attached hydrogens (tertiary/aromatic N) is 1. The van der Waals surface area contributed by atoms with E-state index in [2.05, 4.69) is 25.7 Å². The highest BCUT2D eigenvalue weighted by Gasteiger charge is 2.17. The topological polar surface area (TPSA) is 55.6 Å². The molecule has 1 aromatic rings. The van der Waals surface area contributed by atoms with Gasteiger partial charge in [-0.25, -0.2) is 4.79 Å². The summed E-state index contributed by atoms with van der Waals surface area (Å²) in [4.78, 5) is 14.2. The first-order chi connectivity index (χ1) is 7.99. The highest BCUT2D eigenvalue weighted by molar-refractivity contribution is 7.18. The molecule has 5 heteroatoms. The molecule has 0 saturated heterocycles. The molecule has 0 atom stereocenters. The summed E-state index contributed by atoms with van der Waals surface area (Å²) in [5.74, 6) is 0.208. The Hall–Kier alpha value is -1.23. The maximum absolute atomic E-state index is 11.5. The Labute approximate surface area is 106 Å². The van der Waals surface area contributed by atoms with Gasteiger partial charge in [0.25, 0.3) is 0 Å². The van der Waals surface area contributed by atoms with Gasteiger partial charge in [-0.2, -0.15) is 0 Å². The van der Waals surface area contributed by atoms with E-state index in [9.17, 15) is 4.79 Å². The Balaban J connectivity index is 2.94. The molecule has 17 heavy (non-hydrogen) atoms. The third-order valence-electron chi connectivity index (χ3n) is 2.40. The fourth-order valence-electron chi connectivity index (χ4n) is 1.62. The zero-order valence-corrected chi connectivity index (χ0v) is 11.6. The van der Waals surface area contributed by atoms with Gasteiger partial charge in [-0.15, -0.1) is 11.3 Å². The van der Waals surface area contributed by atoms with Crippen molar-refractivity contribution >= 4 is 28.0 Å². The first kappa shape index (κ1) is 13.8. The van der Waals surface area contributed by atoms with Crippen LogP contribution >= 0.6 is 11.3 Å². The van der Waals surface area contributed by atoms with E-state index < -0.39 is 0 Å². The number of ether oxygens (including phenoxy) is 1. The van der Waals surface area contributed by atoms with Crippen molar-refractivity contribution in [2.24, 2.45) is 5.92 Å². The predicted molar refractivity (Wildman–Crippen MR) is 72.8 cm³/mol. The average molecular weight is 256 g/mol. The molecule has 0 unspecified atom stereocenters. The summed E-state index contributed by atoms with van der Waals surface area (Å²) in [5.41, 5.74) is 6.32. The fraction of sp³-hybridized carbons (Fsp3) is 0.583. The zero-order chi connectivity index (χ0) is 13.0. The third-order valence-corrected chi connectivity index (χ3v) is 3.59. The molecule has 1 rings (SSSR count). The van der Waals surface area contributed by atoms with Crippen molar-refractivity contribution in [2.45, 2.75) is 20.8 Å². The van der Waals surface area contributed by atoms with Gasteiger partial charge in [-0.3, -0.25) is 0 Å². The first-order valence-electron chi connectivity index (χ1n) is 5.72. The van der Waals surface area contributed by atoms with Gasteiger partial charge >= 0.3 is 5.97 Å². The molecule has 1 heterocycles. The predicted octanol–water partition coefficient (Wildman–Crippen LogP) is 2.60. The SMILES string of the molecule is CCN(CC(C)C)c1cc(N)c(C(=O)OC)s1. The maximum atomic E-state index is 11.5. The van der Waals surface area contributed by atoms with Crippen LogP contribution in [0.1, 0.15) is 30.4 Å². The van der Waals surface area contributed by atoms with Crippen LogP contribution in [0.3, 0.4) is 0 Å². The molecule has 1 aromatic heterocycles. The van der Waals surface area contributed by atoms with Crippen molar-refractivity contribution in [1.82, 2.24) is 0 Å². The molecule has 0 aliphatic carbocycles. The second-order valence-electron chi connectivity index (χ2n) is 4.29. The van der Waals surface area contributed by atoms with Crippen LogP contribution in [-0.4, -0.2) is 26.2 Å². The summed E-state index contributed by atoms with van der Waals surface area (Å²) in [7, 11) is 1.37. The molecule has 0 aromatic carbocycles. The number of nitrogen functional groups attached to an aromatic ring is 1. The summed E-state index contributed by atoms with van der Waals surface area (Å²) in [5, 5.41) is 1.03. The molecule has 0 amide bonds. The van der Waals surface area contributed by atoms with Crippen LogP contribution in [0.15, 0.2) is 6.07 Å². The monoisotopic (exact) mass is 256 g/mol. The van der Waals surface area contributed by atoms with Crippen LogP contribution < -0.4 is 10.6 Å². The normalized spacial score (nSPS) is 10.6. The van der Waals surface area contributed by atoms with Gasteiger partial charge < -0.3 is 15.4 Å². The van der Waals surface area contributed by atoms with Crippen molar-refractivity contribution in [3.63, 3.8) is 0 Å². The average Bonchev–Trinajstić information content (AvgIpc) is 2.66. The molecule has 0 radical (unpaired) electrons. The molecule has 2 N–H and O–H groups in total. The van der Waals surface area contributed by atoms with E-state index in [1.807, 2.05) is 6.07 Å². The van der Waals surface area contributed by atoms with Crippen molar-refractivity contribution < 1.29 is 9.53 Å². The van der Waals surface area contributed by atoms with Gasteiger partial charge in [-0.1, -0.05) is 13.8 Å². The summed E-state index contributed by atoms with van der Waals surface area (Å²) < 4.78 is 4.70. The number of nitrogens with two attached hydrogens (primary N) is 1. The molecule has 0 bridgehead atoms. The van der Waals surface area contributed by atoms with E-state index >= 15 is 0 Å². The van der Waals surface area contributed by atoms with Gasteiger partial charge in [0, 0.05) is 13.1 Å². The number of methoxy groups -OCH3 is 1. The number of hydrogen-bond donors (Lipinski definition) is 1. The molecule has 4 nitrogen and oxygen atoms in total. The Bertz CT molecular complexity index is 388. The van der Waals surface area contributed by atoms with Gasteiger partial charge in [0.2, 0.25) is 0 Å². The van der Waals surface area contributed by atoms with Crippen molar-refractivity contribution in [2.75, 3.05) is 30.8 Å². The number of carbonyl (C=O) groups is 1. The smallest absolute Gasteiger partial charge is 0.350 e. The maximum Gasteiger partial charge on any atom is 0.350 e. The van der Waals surface area contributed by atoms with Crippen LogP contribution in [0.25, 0.3) is 0 Å². The van der Waals surface area contributed by atoms with E-state index in [-0.39, 0.29) is 5.97 Å². The van der Waals surface area contributed by atoms with Crippen LogP contribution in [0.2, 0.25) is 0 Å². The van der Waals surface area contributed by atoms with Crippen LogP contribution in [-0.2, 0) is 4.74 Å². The highest BCUT2D eigenvalue weighted by Crippen LogP contribution is 2.32. The van der Waals surface area contributed by atoms with Crippen LogP contribution in [0, 0.1) is 5.92 Å². The van der Waals surface area contributed by atoms with Crippen molar-refractivity contribution in [3.8, 4) is 0 Å². The molecular weight excluding hydrogens is 236 g/mol. The lowest BCUT2D eigenvalue weighted by molar-refractivity contribution is 0.0607. The van der Waals surface area contributed by atoms with E-state index in [0.29, 0.717) is 16.5 Å². The minimum absolute atomic E-state index is 0.362. The second-order valence-corrected chi connectivity index (χ2v) is 5.32. The van der Waals surface area contributed by atoms with Gasteiger partial charge in [0.05, 0.1) is 17.8 Å². The van der Waals surface area contributed by atoms with Gasteiger partial charge in [0.1, 0.15) is 4.88 Å². The first-order valence-corrected chi connectivity index (χ1v) is 6.53. The van der Waals surface area contributed by atoms with Crippen molar-refractivity contribution in [1.29, 1.82) is 0 Å². The Morgan fingerprint density at radius 1 is 1.59 bits per heavy atom. The molecule has 0 saturated carbocycles.